The molecule has 4 aromatic rings. The summed E-state index contributed by atoms with van der Waals surface area (Å²) in [5.74, 6) is -1.15. The Labute approximate surface area is 183 Å². The van der Waals surface area contributed by atoms with Crippen molar-refractivity contribution in [3.63, 3.8) is 0 Å². The van der Waals surface area contributed by atoms with Gasteiger partial charge in [0, 0.05) is 30.8 Å². The van der Waals surface area contributed by atoms with Crippen LogP contribution in [0.2, 0.25) is 0 Å². The van der Waals surface area contributed by atoms with Crippen LogP contribution in [-0.4, -0.2) is 34.0 Å². The second-order valence-electron chi connectivity index (χ2n) is 7.94. The smallest absolute Gasteiger partial charge is 0.249 e. The number of anilines is 1. The number of para-hydroxylation sites is 1. The number of rotatable bonds is 6. The predicted octanol–water partition coefficient (Wildman–Crippen LogP) is 3.63. The van der Waals surface area contributed by atoms with Crippen molar-refractivity contribution in [2.24, 2.45) is 0 Å². The molecule has 32 heavy (non-hydrogen) atoms. The molecule has 0 aliphatic carbocycles. The summed E-state index contributed by atoms with van der Waals surface area (Å²) in [5, 5.41) is 11.4. The molecule has 0 atom stereocenters. The van der Waals surface area contributed by atoms with Crippen molar-refractivity contribution in [3.8, 4) is 0 Å². The zero-order chi connectivity index (χ0) is 22.1. The fourth-order valence-electron chi connectivity index (χ4n) is 3.91. The van der Waals surface area contributed by atoms with E-state index in [0.717, 1.165) is 24.7 Å². The van der Waals surface area contributed by atoms with Crippen LogP contribution in [0, 0.1) is 11.6 Å². The first-order valence-corrected chi connectivity index (χ1v) is 10.4. The predicted molar refractivity (Wildman–Crippen MR) is 117 cm³/mol. The average Bonchev–Trinajstić information content (AvgIpc) is 3.14. The first-order valence-electron chi connectivity index (χ1n) is 10.4. The first-order chi connectivity index (χ1) is 15.6. The highest BCUT2D eigenvalue weighted by atomic mass is 19.1. The summed E-state index contributed by atoms with van der Waals surface area (Å²) in [7, 11) is 0. The van der Waals surface area contributed by atoms with Gasteiger partial charge in [-0.25, -0.2) is 13.5 Å². The monoisotopic (exact) mass is 433 g/mol. The number of carbonyl (C=O) groups excluding carboxylic acids is 1. The molecule has 0 unspecified atom stereocenters. The molecular weight excluding hydrogens is 412 g/mol. The number of benzene rings is 3. The summed E-state index contributed by atoms with van der Waals surface area (Å²) in [6.07, 6.45) is 0. The number of nitrogens with one attached hydrogen (secondary N) is 1. The Bertz CT molecular complexity index is 1250. The molecule has 0 radical (unpaired) electrons. The summed E-state index contributed by atoms with van der Waals surface area (Å²) >= 11 is 0. The minimum atomic E-state index is -0.678. The van der Waals surface area contributed by atoms with E-state index in [0.29, 0.717) is 22.7 Å². The maximum Gasteiger partial charge on any atom is 0.249 e. The summed E-state index contributed by atoms with van der Waals surface area (Å²) in [6, 6.07) is 18.4. The van der Waals surface area contributed by atoms with Crippen LogP contribution < -0.4 is 10.2 Å². The molecule has 1 aliphatic heterocycles. The van der Waals surface area contributed by atoms with Gasteiger partial charge in [-0.2, -0.15) is 0 Å². The third kappa shape index (κ3) is 4.09. The van der Waals surface area contributed by atoms with E-state index in [1.807, 2.05) is 48.5 Å². The molecule has 1 aliphatic rings. The van der Waals surface area contributed by atoms with Gasteiger partial charge in [0.25, 0.3) is 0 Å². The molecule has 2 heterocycles. The van der Waals surface area contributed by atoms with Gasteiger partial charge in [0.1, 0.15) is 23.7 Å². The lowest BCUT2D eigenvalue weighted by atomic mass is 9.93. The lowest BCUT2D eigenvalue weighted by Gasteiger charge is -2.28. The van der Waals surface area contributed by atoms with Crippen LogP contribution in [0.25, 0.3) is 11.0 Å². The van der Waals surface area contributed by atoms with Gasteiger partial charge < -0.3 is 10.2 Å². The van der Waals surface area contributed by atoms with Crippen LogP contribution in [0.1, 0.15) is 17.0 Å². The van der Waals surface area contributed by atoms with Crippen LogP contribution >= 0.6 is 0 Å². The summed E-state index contributed by atoms with van der Waals surface area (Å²) in [4.78, 5) is 14.9. The molecule has 0 saturated carbocycles. The second kappa shape index (κ2) is 8.47. The van der Waals surface area contributed by atoms with Crippen molar-refractivity contribution in [1.29, 1.82) is 0 Å². The molecule has 0 bridgehead atoms. The molecule has 1 fully saturated rings. The highest BCUT2D eigenvalue weighted by Gasteiger charge is 2.22. The number of hydrogen-bond acceptors (Lipinski definition) is 4. The molecule has 8 heteroatoms. The van der Waals surface area contributed by atoms with E-state index in [4.69, 9.17) is 0 Å². The Morgan fingerprint density at radius 1 is 1.03 bits per heavy atom. The summed E-state index contributed by atoms with van der Waals surface area (Å²) in [5.41, 5.74) is 3.65. The Hall–Kier alpha value is -3.65. The molecule has 1 amide bonds. The van der Waals surface area contributed by atoms with Gasteiger partial charge in [0.05, 0.1) is 12.1 Å². The van der Waals surface area contributed by atoms with E-state index in [1.54, 1.807) is 0 Å². The first kappa shape index (κ1) is 20.3. The van der Waals surface area contributed by atoms with Crippen molar-refractivity contribution in [3.05, 3.63) is 89.5 Å². The van der Waals surface area contributed by atoms with Gasteiger partial charge in [-0.15, -0.1) is 5.10 Å². The fraction of sp³-hybridized carbons (Fsp3) is 0.208. The Kier molecular flexibility index (Phi) is 5.36. The van der Waals surface area contributed by atoms with Gasteiger partial charge in [0.15, 0.2) is 0 Å². The molecule has 6 nitrogen and oxygen atoms in total. The number of nitrogens with zero attached hydrogens (tertiary/aromatic N) is 4. The number of hydrogen-bond donors (Lipinski definition) is 1. The van der Waals surface area contributed by atoms with Crippen LogP contribution in [-0.2, 0) is 17.9 Å². The molecule has 1 N–H and O–H groups in total. The van der Waals surface area contributed by atoms with Crippen molar-refractivity contribution >= 4 is 22.6 Å². The minimum absolute atomic E-state index is 0.0322. The van der Waals surface area contributed by atoms with E-state index in [-0.39, 0.29) is 19.0 Å². The van der Waals surface area contributed by atoms with Crippen LogP contribution in [0.15, 0.2) is 66.7 Å². The average molecular weight is 433 g/mol. The Balaban J connectivity index is 1.45. The normalized spacial score (nSPS) is 13.8. The molecule has 0 spiro atoms. The number of fused-ring (bicyclic) bond motifs is 1. The molecule has 3 aromatic carbocycles. The lowest BCUT2D eigenvalue weighted by Crippen LogP contribution is -2.39. The largest absolute Gasteiger partial charge is 0.315 e. The Morgan fingerprint density at radius 2 is 1.75 bits per heavy atom. The van der Waals surface area contributed by atoms with Crippen molar-refractivity contribution in [2.75, 3.05) is 18.0 Å². The topological polar surface area (TPSA) is 63.1 Å². The molecule has 1 aromatic heterocycles. The molecule has 5 rings (SSSR count). The molecule has 1 saturated heterocycles. The van der Waals surface area contributed by atoms with Crippen molar-refractivity contribution in [1.82, 2.24) is 20.3 Å². The van der Waals surface area contributed by atoms with Crippen LogP contribution in [0.4, 0.5) is 14.5 Å². The maximum absolute atomic E-state index is 13.8. The molecular formula is C24H21F2N5O. The lowest BCUT2D eigenvalue weighted by molar-refractivity contribution is -0.119. The fourth-order valence-corrected chi connectivity index (χ4v) is 3.91. The van der Waals surface area contributed by atoms with Gasteiger partial charge in [-0.05, 0) is 47.5 Å². The highest BCUT2D eigenvalue weighted by Crippen LogP contribution is 2.25. The van der Waals surface area contributed by atoms with Gasteiger partial charge >= 0.3 is 0 Å². The van der Waals surface area contributed by atoms with Crippen molar-refractivity contribution < 1.29 is 13.6 Å². The number of carbonyl (C=O) groups is 1. The summed E-state index contributed by atoms with van der Waals surface area (Å²) < 4.78 is 29.1. The quantitative estimate of drug-likeness (QED) is 0.505. The highest BCUT2D eigenvalue weighted by molar-refractivity contribution is 5.93. The zero-order valence-electron chi connectivity index (χ0n) is 17.2. The van der Waals surface area contributed by atoms with Gasteiger partial charge in [-0.3, -0.25) is 4.79 Å². The second-order valence-corrected chi connectivity index (χ2v) is 7.94. The van der Waals surface area contributed by atoms with Gasteiger partial charge in [-0.1, -0.05) is 29.5 Å². The third-order valence-corrected chi connectivity index (χ3v) is 5.73. The SMILES string of the molecule is O=C(Cn1nnc2ccccc21)N(Cc1cc(F)cc(F)c1)c1ccc(C2CNC2)cc1. The molecule has 162 valence electrons. The van der Waals surface area contributed by atoms with E-state index in [1.165, 1.54) is 27.3 Å². The Morgan fingerprint density at radius 3 is 2.44 bits per heavy atom. The van der Waals surface area contributed by atoms with Crippen LogP contribution in [0.3, 0.4) is 0 Å². The van der Waals surface area contributed by atoms with Crippen molar-refractivity contribution in [2.45, 2.75) is 19.0 Å². The summed E-state index contributed by atoms with van der Waals surface area (Å²) in [6.45, 7) is 1.85. The standard InChI is InChI=1S/C24H21F2N5O/c25-19-9-16(10-20(26)11-19)14-30(21-7-5-17(6-8-21)18-12-27-13-18)24(32)15-31-23-4-2-1-3-22(23)28-29-31/h1-11,18,27H,12-15H2. The van der Waals surface area contributed by atoms with Crippen LogP contribution in [0.5, 0.6) is 0 Å². The van der Waals surface area contributed by atoms with Gasteiger partial charge in [0.2, 0.25) is 5.91 Å². The van der Waals surface area contributed by atoms with E-state index in [9.17, 15) is 13.6 Å². The third-order valence-electron chi connectivity index (χ3n) is 5.73. The number of halogens is 2. The number of amides is 1. The minimum Gasteiger partial charge on any atom is -0.315 e. The maximum atomic E-state index is 13.8. The van der Waals surface area contributed by atoms with E-state index in [2.05, 4.69) is 15.6 Å². The number of aromatic nitrogens is 3. The van der Waals surface area contributed by atoms with E-state index >= 15 is 0 Å². The zero-order valence-corrected chi connectivity index (χ0v) is 17.2. The van der Waals surface area contributed by atoms with E-state index < -0.39 is 11.6 Å².